The molecule has 0 spiro atoms. The molecule has 106 valence electrons. The van der Waals surface area contributed by atoms with Crippen LogP contribution < -0.4 is 17.2 Å². The Balaban J connectivity index is 1.84. The van der Waals surface area contributed by atoms with Gasteiger partial charge in [-0.2, -0.15) is 0 Å². The lowest BCUT2D eigenvalue weighted by atomic mass is 9.82. The minimum absolute atomic E-state index is 0.467. The maximum Gasteiger partial charge on any atom is 0.0633 e. The molecule has 0 radical (unpaired) electrons. The molecule has 21 heavy (non-hydrogen) atoms. The van der Waals surface area contributed by atoms with E-state index in [0.29, 0.717) is 0 Å². The van der Waals surface area contributed by atoms with Gasteiger partial charge in [-0.05, 0) is 47.4 Å². The molecule has 0 bridgehead atoms. The highest BCUT2D eigenvalue weighted by Gasteiger charge is 2.25. The van der Waals surface area contributed by atoms with Crippen LogP contribution in [0.15, 0.2) is 66.8 Å². The van der Waals surface area contributed by atoms with Gasteiger partial charge in [0.25, 0.3) is 0 Å². The lowest BCUT2D eigenvalue weighted by molar-refractivity contribution is 0.567. The Kier molecular flexibility index (Phi) is 3.28. The van der Waals surface area contributed by atoms with Crippen molar-refractivity contribution in [2.45, 2.75) is 12.0 Å². The molecule has 2 aromatic carbocycles. The molecule has 1 aliphatic carbocycles. The fourth-order valence-electron chi connectivity index (χ4n) is 2.55. The van der Waals surface area contributed by atoms with Gasteiger partial charge in [0.05, 0.1) is 5.54 Å². The number of nitrogen functional groups attached to an aromatic ring is 2. The van der Waals surface area contributed by atoms with E-state index in [1.165, 1.54) is 5.57 Å². The van der Waals surface area contributed by atoms with Crippen molar-refractivity contribution in [1.29, 1.82) is 0 Å². The summed E-state index contributed by atoms with van der Waals surface area (Å²) in [6.07, 6.45) is 7.06. The van der Waals surface area contributed by atoms with E-state index in [0.717, 1.165) is 28.9 Å². The van der Waals surface area contributed by atoms with Gasteiger partial charge in [0, 0.05) is 11.4 Å². The fraction of sp³-hybridized carbons (Fsp3) is 0.111. The summed E-state index contributed by atoms with van der Waals surface area (Å²) in [7, 11) is 0. The van der Waals surface area contributed by atoms with E-state index in [1.54, 1.807) is 0 Å². The van der Waals surface area contributed by atoms with Crippen LogP contribution in [-0.4, -0.2) is 0 Å². The molecular formula is C18H19N3. The van der Waals surface area contributed by atoms with Gasteiger partial charge in [0.15, 0.2) is 0 Å². The third-order valence-electron chi connectivity index (χ3n) is 3.91. The van der Waals surface area contributed by atoms with Crippen molar-refractivity contribution >= 4 is 16.9 Å². The minimum Gasteiger partial charge on any atom is -0.399 e. The predicted octanol–water partition coefficient (Wildman–Crippen LogP) is 3.05. The summed E-state index contributed by atoms with van der Waals surface area (Å²) < 4.78 is 0. The third kappa shape index (κ3) is 2.69. The standard InChI is InChI=1S/C18H19N3/c19-16-5-1-13(2-6-16)14-9-11-18(21,12-10-14)15-3-7-17(20)8-4-15/h1-11H,12,19-21H2. The van der Waals surface area contributed by atoms with E-state index < -0.39 is 5.54 Å². The Morgan fingerprint density at radius 3 is 1.90 bits per heavy atom. The smallest absolute Gasteiger partial charge is 0.0633 e. The van der Waals surface area contributed by atoms with Gasteiger partial charge >= 0.3 is 0 Å². The Morgan fingerprint density at radius 1 is 0.810 bits per heavy atom. The van der Waals surface area contributed by atoms with Crippen LogP contribution in [0, 0.1) is 0 Å². The molecule has 0 heterocycles. The second-order valence-electron chi connectivity index (χ2n) is 5.48. The number of hydrogen-bond acceptors (Lipinski definition) is 3. The van der Waals surface area contributed by atoms with Gasteiger partial charge in [0.1, 0.15) is 0 Å². The number of rotatable bonds is 2. The first kappa shape index (κ1) is 13.5. The quantitative estimate of drug-likeness (QED) is 0.738. The molecule has 1 unspecified atom stereocenters. The Morgan fingerprint density at radius 2 is 1.38 bits per heavy atom. The average molecular weight is 277 g/mol. The summed E-state index contributed by atoms with van der Waals surface area (Å²) in [6.45, 7) is 0. The second-order valence-corrected chi connectivity index (χ2v) is 5.48. The van der Waals surface area contributed by atoms with Crippen molar-refractivity contribution in [3.8, 4) is 0 Å². The molecule has 0 aliphatic heterocycles. The zero-order chi connectivity index (χ0) is 14.9. The monoisotopic (exact) mass is 277 g/mol. The number of benzene rings is 2. The SMILES string of the molecule is Nc1ccc(C2=CCC(N)(c3ccc(N)cc3)C=C2)cc1. The van der Waals surface area contributed by atoms with E-state index in [9.17, 15) is 0 Å². The van der Waals surface area contributed by atoms with E-state index in [1.807, 2.05) is 48.5 Å². The molecule has 1 aliphatic rings. The molecule has 0 saturated heterocycles. The normalized spacial score (nSPS) is 21.1. The molecule has 0 fully saturated rings. The first-order chi connectivity index (χ1) is 10.1. The number of nitrogens with two attached hydrogens (primary N) is 3. The topological polar surface area (TPSA) is 78.1 Å². The van der Waals surface area contributed by atoms with Gasteiger partial charge in [0.2, 0.25) is 0 Å². The predicted molar refractivity (Wildman–Crippen MR) is 89.3 cm³/mol. The maximum atomic E-state index is 6.50. The van der Waals surface area contributed by atoms with Crippen molar-refractivity contribution < 1.29 is 0 Å². The lowest BCUT2D eigenvalue weighted by Gasteiger charge is -2.28. The summed E-state index contributed by atoms with van der Waals surface area (Å²) >= 11 is 0. The van der Waals surface area contributed by atoms with Crippen LogP contribution in [0.1, 0.15) is 17.5 Å². The van der Waals surface area contributed by atoms with Crippen molar-refractivity contribution in [3.63, 3.8) is 0 Å². The van der Waals surface area contributed by atoms with Gasteiger partial charge in [-0.15, -0.1) is 0 Å². The van der Waals surface area contributed by atoms with Crippen LogP contribution in [0.2, 0.25) is 0 Å². The second kappa shape index (κ2) is 5.11. The first-order valence-electron chi connectivity index (χ1n) is 6.97. The van der Waals surface area contributed by atoms with Crippen LogP contribution in [0.3, 0.4) is 0 Å². The molecule has 6 N–H and O–H groups in total. The third-order valence-corrected chi connectivity index (χ3v) is 3.91. The molecule has 3 rings (SSSR count). The van der Waals surface area contributed by atoms with Crippen molar-refractivity contribution in [2.75, 3.05) is 11.5 Å². The Hall–Kier alpha value is -2.52. The number of allylic oxidation sites excluding steroid dienone is 2. The summed E-state index contributed by atoms with van der Waals surface area (Å²) in [5.41, 5.74) is 22.4. The van der Waals surface area contributed by atoms with Crippen molar-refractivity contribution in [2.24, 2.45) is 5.73 Å². The van der Waals surface area contributed by atoms with E-state index in [2.05, 4.69) is 18.2 Å². The van der Waals surface area contributed by atoms with E-state index in [-0.39, 0.29) is 0 Å². The molecule has 2 aromatic rings. The van der Waals surface area contributed by atoms with Crippen LogP contribution in [0.4, 0.5) is 11.4 Å². The first-order valence-corrected chi connectivity index (χ1v) is 6.97. The highest BCUT2D eigenvalue weighted by atomic mass is 14.7. The van der Waals surface area contributed by atoms with Crippen LogP contribution in [0.5, 0.6) is 0 Å². The average Bonchev–Trinajstić information content (AvgIpc) is 2.50. The van der Waals surface area contributed by atoms with Crippen molar-refractivity contribution in [3.05, 3.63) is 77.9 Å². The molecule has 3 heteroatoms. The highest BCUT2D eigenvalue weighted by molar-refractivity contribution is 5.76. The van der Waals surface area contributed by atoms with Crippen LogP contribution in [-0.2, 0) is 5.54 Å². The molecule has 0 aromatic heterocycles. The van der Waals surface area contributed by atoms with Crippen LogP contribution >= 0.6 is 0 Å². The van der Waals surface area contributed by atoms with Gasteiger partial charge in [-0.3, -0.25) is 0 Å². The molecule has 3 nitrogen and oxygen atoms in total. The van der Waals surface area contributed by atoms with Gasteiger partial charge in [-0.1, -0.05) is 42.5 Å². The van der Waals surface area contributed by atoms with Gasteiger partial charge < -0.3 is 17.2 Å². The molecular weight excluding hydrogens is 258 g/mol. The van der Waals surface area contributed by atoms with E-state index >= 15 is 0 Å². The zero-order valence-corrected chi connectivity index (χ0v) is 11.8. The summed E-state index contributed by atoms with van der Waals surface area (Å²) in [4.78, 5) is 0. The molecule has 0 amide bonds. The largest absolute Gasteiger partial charge is 0.399 e. The highest BCUT2D eigenvalue weighted by Crippen LogP contribution is 2.32. The summed E-state index contributed by atoms with van der Waals surface area (Å²) in [5, 5.41) is 0. The van der Waals surface area contributed by atoms with Gasteiger partial charge in [-0.25, -0.2) is 0 Å². The molecule has 0 saturated carbocycles. The number of hydrogen-bond donors (Lipinski definition) is 3. The lowest BCUT2D eigenvalue weighted by Crippen LogP contribution is -2.35. The van der Waals surface area contributed by atoms with Crippen molar-refractivity contribution in [1.82, 2.24) is 0 Å². The van der Waals surface area contributed by atoms with E-state index in [4.69, 9.17) is 17.2 Å². The Bertz CT molecular complexity index is 696. The summed E-state index contributed by atoms with van der Waals surface area (Å²) in [6, 6.07) is 15.6. The minimum atomic E-state index is -0.467. The van der Waals surface area contributed by atoms with Crippen LogP contribution in [0.25, 0.3) is 5.57 Å². The summed E-state index contributed by atoms with van der Waals surface area (Å²) in [5.74, 6) is 0. The molecule has 1 atom stereocenters. The number of anilines is 2. The Labute approximate surface area is 124 Å². The maximum absolute atomic E-state index is 6.50. The zero-order valence-electron chi connectivity index (χ0n) is 11.8. The fourth-order valence-corrected chi connectivity index (χ4v) is 2.55.